The fourth-order valence-corrected chi connectivity index (χ4v) is 4.91. The molecule has 2 N–H and O–H groups in total. The van der Waals surface area contributed by atoms with E-state index in [0.717, 1.165) is 31.2 Å². The van der Waals surface area contributed by atoms with Crippen molar-refractivity contribution in [3.8, 4) is 5.75 Å². The molecule has 0 saturated carbocycles. The molecular weight excluding hydrogens is 420 g/mol. The summed E-state index contributed by atoms with van der Waals surface area (Å²) >= 11 is 6.85. The van der Waals surface area contributed by atoms with Gasteiger partial charge in [-0.3, -0.25) is 10.1 Å². The zero-order valence-electron chi connectivity index (χ0n) is 17.4. The number of aryl methyl sites for hydroxylation is 1. The first-order valence-corrected chi connectivity index (χ1v) is 11.3. The summed E-state index contributed by atoms with van der Waals surface area (Å²) in [5.74, 6) is -0.0835. The Morgan fingerprint density at radius 3 is 2.73 bits per heavy atom. The topological polar surface area (TPSA) is 76.7 Å². The van der Waals surface area contributed by atoms with E-state index in [1.807, 2.05) is 13.8 Å². The lowest BCUT2D eigenvalue weighted by atomic mass is 9.95. The minimum atomic E-state index is -0.355. The molecule has 0 atom stereocenters. The first kappa shape index (κ1) is 22.2. The Morgan fingerprint density at radius 2 is 2.00 bits per heavy atom. The van der Waals surface area contributed by atoms with Gasteiger partial charge in [-0.2, -0.15) is 0 Å². The molecule has 1 aromatic heterocycles. The van der Waals surface area contributed by atoms with Gasteiger partial charge in [-0.1, -0.05) is 6.07 Å². The van der Waals surface area contributed by atoms with Crippen LogP contribution < -0.4 is 15.4 Å². The first-order chi connectivity index (χ1) is 14.4. The molecule has 1 amide bonds. The maximum Gasteiger partial charge on any atom is 0.341 e. The number of hydrogen-bond acceptors (Lipinski definition) is 6. The Bertz CT molecular complexity index is 953. The Morgan fingerprint density at radius 1 is 1.23 bits per heavy atom. The Hall–Kier alpha value is -2.45. The summed E-state index contributed by atoms with van der Waals surface area (Å²) in [6.07, 6.45) is 3.95. The van der Waals surface area contributed by atoms with Crippen molar-refractivity contribution < 1.29 is 19.1 Å². The molecule has 30 heavy (non-hydrogen) atoms. The molecule has 1 aromatic carbocycles. The highest BCUT2D eigenvalue weighted by atomic mass is 32.1. The van der Waals surface area contributed by atoms with Gasteiger partial charge < -0.3 is 14.8 Å². The lowest BCUT2D eigenvalue weighted by molar-refractivity contribution is 0.0526. The molecule has 0 bridgehead atoms. The van der Waals surface area contributed by atoms with Gasteiger partial charge in [0.1, 0.15) is 10.8 Å². The Balaban J connectivity index is 1.74. The fourth-order valence-electron chi connectivity index (χ4n) is 3.37. The van der Waals surface area contributed by atoms with Gasteiger partial charge >= 0.3 is 5.97 Å². The van der Waals surface area contributed by atoms with E-state index in [9.17, 15) is 9.59 Å². The van der Waals surface area contributed by atoms with Crippen LogP contribution in [0.5, 0.6) is 5.75 Å². The molecule has 1 aliphatic rings. The number of thiocarbonyl (C=S) groups is 1. The Kier molecular flexibility index (Phi) is 7.44. The molecule has 0 spiro atoms. The summed E-state index contributed by atoms with van der Waals surface area (Å²) in [4.78, 5) is 26.3. The minimum absolute atomic E-state index is 0.0113. The average molecular weight is 447 g/mol. The zero-order valence-corrected chi connectivity index (χ0v) is 19.0. The van der Waals surface area contributed by atoms with E-state index in [0.29, 0.717) is 28.5 Å². The van der Waals surface area contributed by atoms with Crippen LogP contribution in [0.3, 0.4) is 0 Å². The maximum absolute atomic E-state index is 12.6. The third kappa shape index (κ3) is 5.37. The monoisotopic (exact) mass is 446 g/mol. The van der Waals surface area contributed by atoms with Crippen LogP contribution in [0.15, 0.2) is 24.3 Å². The number of fused-ring (bicyclic) bond motifs is 1. The molecule has 1 heterocycles. The smallest absolute Gasteiger partial charge is 0.341 e. The molecule has 0 radical (unpaired) electrons. The number of thiophene rings is 1. The van der Waals surface area contributed by atoms with Crippen molar-refractivity contribution in [2.45, 2.75) is 52.6 Å². The number of carbonyl (C=O) groups is 2. The van der Waals surface area contributed by atoms with Crippen LogP contribution in [0, 0.1) is 0 Å². The van der Waals surface area contributed by atoms with Crippen molar-refractivity contribution in [1.29, 1.82) is 0 Å². The standard InChI is InChI=1S/C22H26N2O4S2/c1-4-27-21(26)18-16-10-5-6-11-17(16)30-20(18)24-22(29)23-19(25)14-8-7-9-15(12-14)28-13(2)3/h7-9,12-13H,4-6,10-11H2,1-3H3,(H2,23,24,25,29). The van der Waals surface area contributed by atoms with Gasteiger partial charge in [0.25, 0.3) is 5.91 Å². The lowest BCUT2D eigenvalue weighted by Gasteiger charge is -2.13. The van der Waals surface area contributed by atoms with Crippen molar-refractivity contribution >= 4 is 45.5 Å². The zero-order chi connectivity index (χ0) is 21.7. The molecule has 2 aromatic rings. The molecule has 160 valence electrons. The van der Waals surface area contributed by atoms with E-state index < -0.39 is 0 Å². The van der Waals surface area contributed by atoms with Crippen LogP contribution in [-0.2, 0) is 17.6 Å². The quantitative estimate of drug-likeness (QED) is 0.494. The second-order valence-corrected chi connectivity index (χ2v) is 8.75. The van der Waals surface area contributed by atoms with E-state index in [1.54, 1.807) is 31.2 Å². The van der Waals surface area contributed by atoms with Gasteiger partial charge in [0.15, 0.2) is 5.11 Å². The normalized spacial score (nSPS) is 12.8. The first-order valence-electron chi connectivity index (χ1n) is 10.1. The number of ether oxygens (including phenoxy) is 2. The van der Waals surface area contributed by atoms with Crippen molar-refractivity contribution in [2.75, 3.05) is 11.9 Å². The van der Waals surface area contributed by atoms with Gasteiger partial charge in [0, 0.05) is 10.4 Å². The van der Waals surface area contributed by atoms with Crippen LogP contribution >= 0.6 is 23.6 Å². The molecular formula is C22H26N2O4S2. The molecule has 6 nitrogen and oxygen atoms in total. The van der Waals surface area contributed by atoms with Gasteiger partial charge in [-0.05, 0) is 82.4 Å². The predicted molar refractivity (Wildman–Crippen MR) is 123 cm³/mol. The van der Waals surface area contributed by atoms with Crippen LogP contribution in [-0.4, -0.2) is 29.7 Å². The Labute approximate surface area is 186 Å². The lowest BCUT2D eigenvalue weighted by Crippen LogP contribution is -2.34. The highest BCUT2D eigenvalue weighted by Gasteiger charge is 2.27. The number of rotatable bonds is 6. The van der Waals surface area contributed by atoms with Gasteiger partial charge in [-0.15, -0.1) is 11.3 Å². The van der Waals surface area contributed by atoms with E-state index >= 15 is 0 Å². The number of anilines is 1. The summed E-state index contributed by atoms with van der Waals surface area (Å²) in [5.41, 5.74) is 2.02. The molecule has 0 fully saturated rings. The van der Waals surface area contributed by atoms with E-state index in [-0.39, 0.29) is 23.1 Å². The SMILES string of the molecule is CCOC(=O)c1c(NC(=S)NC(=O)c2cccc(OC(C)C)c2)sc2c1CCCC2. The maximum atomic E-state index is 12.6. The summed E-state index contributed by atoms with van der Waals surface area (Å²) in [7, 11) is 0. The molecule has 0 saturated heterocycles. The molecule has 1 aliphatic carbocycles. The third-order valence-corrected chi connectivity index (χ3v) is 5.98. The number of esters is 1. The number of carbonyl (C=O) groups excluding carboxylic acids is 2. The van der Waals surface area contributed by atoms with Gasteiger partial charge in [-0.25, -0.2) is 4.79 Å². The number of hydrogen-bond donors (Lipinski definition) is 2. The van der Waals surface area contributed by atoms with Gasteiger partial charge in [0.2, 0.25) is 0 Å². The summed E-state index contributed by atoms with van der Waals surface area (Å²) in [6, 6.07) is 6.93. The molecule has 3 rings (SSSR count). The largest absolute Gasteiger partial charge is 0.491 e. The highest BCUT2D eigenvalue weighted by molar-refractivity contribution is 7.80. The number of benzene rings is 1. The van der Waals surface area contributed by atoms with Crippen molar-refractivity contribution in [3.63, 3.8) is 0 Å². The summed E-state index contributed by atoms with van der Waals surface area (Å²) in [5, 5.41) is 6.49. The number of nitrogens with one attached hydrogen (secondary N) is 2. The molecule has 0 unspecified atom stereocenters. The van der Waals surface area contributed by atoms with Crippen LogP contribution in [0.1, 0.15) is 64.8 Å². The van der Waals surface area contributed by atoms with Crippen molar-refractivity contribution in [2.24, 2.45) is 0 Å². The minimum Gasteiger partial charge on any atom is -0.491 e. The second-order valence-electron chi connectivity index (χ2n) is 7.24. The van der Waals surface area contributed by atoms with Crippen LogP contribution in [0.2, 0.25) is 0 Å². The second kappa shape index (κ2) is 10.0. The van der Waals surface area contributed by atoms with Gasteiger partial charge in [0.05, 0.1) is 18.3 Å². The van der Waals surface area contributed by atoms with Crippen LogP contribution in [0.25, 0.3) is 0 Å². The van der Waals surface area contributed by atoms with Crippen molar-refractivity contribution in [3.05, 3.63) is 45.8 Å². The predicted octanol–water partition coefficient (Wildman–Crippen LogP) is 4.72. The van der Waals surface area contributed by atoms with Crippen LogP contribution in [0.4, 0.5) is 5.00 Å². The number of amides is 1. The van der Waals surface area contributed by atoms with E-state index in [4.69, 9.17) is 21.7 Å². The fraction of sp³-hybridized carbons (Fsp3) is 0.409. The van der Waals surface area contributed by atoms with E-state index in [2.05, 4.69) is 10.6 Å². The average Bonchev–Trinajstić information content (AvgIpc) is 3.05. The summed E-state index contributed by atoms with van der Waals surface area (Å²) in [6.45, 7) is 5.94. The molecule has 0 aliphatic heterocycles. The summed E-state index contributed by atoms with van der Waals surface area (Å²) < 4.78 is 10.9. The van der Waals surface area contributed by atoms with E-state index in [1.165, 1.54) is 16.2 Å². The molecule has 8 heteroatoms. The third-order valence-electron chi connectivity index (χ3n) is 4.57. The highest BCUT2D eigenvalue weighted by Crippen LogP contribution is 2.38. The van der Waals surface area contributed by atoms with Crippen molar-refractivity contribution in [1.82, 2.24) is 5.32 Å².